The van der Waals surface area contributed by atoms with Gasteiger partial charge in [-0.25, -0.2) is 4.98 Å². The van der Waals surface area contributed by atoms with Crippen molar-refractivity contribution in [2.45, 2.75) is 13.5 Å². The van der Waals surface area contributed by atoms with Crippen LogP contribution in [-0.2, 0) is 6.54 Å². The third-order valence-electron chi connectivity index (χ3n) is 3.12. The number of rotatable bonds is 2. The van der Waals surface area contributed by atoms with Gasteiger partial charge in [0.1, 0.15) is 5.82 Å². The van der Waals surface area contributed by atoms with Crippen LogP contribution in [0.1, 0.15) is 11.4 Å². The Morgan fingerprint density at radius 3 is 2.95 bits per heavy atom. The molecule has 95 valence electrons. The zero-order chi connectivity index (χ0) is 13.4. The lowest BCUT2D eigenvalue weighted by Crippen LogP contribution is -2.02. The van der Waals surface area contributed by atoms with Crippen LogP contribution in [0.25, 0.3) is 11.0 Å². The van der Waals surface area contributed by atoms with E-state index in [9.17, 15) is 0 Å². The first-order valence-electron chi connectivity index (χ1n) is 5.92. The third-order valence-corrected chi connectivity index (χ3v) is 3.72. The molecule has 0 amide bonds. The van der Waals surface area contributed by atoms with Gasteiger partial charge in [-0.15, -0.1) is 0 Å². The van der Waals surface area contributed by atoms with Crippen molar-refractivity contribution in [3.63, 3.8) is 0 Å². The van der Waals surface area contributed by atoms with Crippen molar-refractivity contribution in [1.82, 2.24) is 9.55 Å². The van der Waals surface area contributed by atoms with Gasteiger partial charge in [0.2, 0.25) is 0 Å². The molecule has 0 unspecified atom stereocenters. The van der Waals surface area contributed by atoms with E-state index in [0.717, 1.165) is 22.4 Å². The average Bonchev–Trinajstić information content (AvgIpc) is 2.71. The Labute approximate surface area is 121 Å². The highest BCUT2D eigenvalue weighted by Crippen LogP contribution is 2.24. The fraction of sp³-hybridized carbons (Fsp3) is 0.133. The smallest absolute Gasteiger partial charge is 0.107 e. The Morgan fingerprint density at radius 2 is 2.11 bits per heavy atom. The predicted octanol–water partition coefficient (Wildman–Crippen LogP) is 4.50. The quantitative estimate of drug-likeness (QED) is 0.679. The zero-order valence-electron chi connectivity index (χ0n) is 10.3. The van der Waals surface area contributed by atoms with E-state index in [0.29, 0.717) is 16.6 Å². The molecule has 3 rings (SSSR count). The second-order valence-corrected chi connectivity index (χ2v) is 5.24. The van der Waals surface area contributed by atoms with Crippen LogP contribution in [0.3, 0.4) is 0 Å². The van der Waals surface area contributed by atoms with E-state index in [1.54, 1.807) is 6.07 Å². The molecule has 4 heteroatoms. The minimum Gasteiger partial charge on any atom is -0.324 e. The lowest BCUT2D eigenvalue weighted by molar-refractivity contribution is 0.786. The molecule has 0 saturated heterocycles. The molecule has 3 aromatic rings. The van der Waals surface area contributed by atoms with Crippen LogP contribution in [-0.4, -0.2) is 9.55 Å². The van der Waals surface area contributed by atoms with Crippen LogP contribution < -0.4 is 0 Å². The van der Waals surface area contributed by atoms with Crippen LogP contribution in [0.4, 0.5) is 0 Å². The standard InChI is InChI=1S/C15H11Cl2N2/c1-10-18-14-4-2-3-5-15(14)19(10)9-11-8-12(16)6-7-13(11)17/h2,4-8H,9H2,1H3. The van der Waals surface area contributed by atoms with E-state index in [2.05, 4.69) is 15.6 Å². The molecule has 0 bridgehead atoms. The zero-order valence-corrected chi connectivity index (χ0v) is 11.8. The van der Waals surface area contributed by atoms with Crippen molar-refractivity contribution < 1.29 is 0 Å². The lowest BCUT2D eigenvalue weighted by Gasteiger charge is -2.09. The second-order valence-electron chi connectivity index (χ2n) is 4.40. The summed E-state index contributed by atoms with van der Waals surface area (Å²) in [4.78, 5) is 4.53. The molecule has 0 aliphatic carbocycles. The number of aromatic nitrogens is 2. The minimum atomic E-state index is 0.652. The van der Waals surface area contributed by atoms with Crippen molar-refractivity contribution in [1.29, 1.82) is 0 Å². The molecular formula is C15H11Cl2N2. The number of hydrogen-bond acceptors (Lipinski definition) is 1. The summed E-state index contributed by atoms with van der Waals surface area (Å²) in [5.41, 5.74) is 3.01. The Kier molecular flexibility index (Phi) is 3.21. The summed E-state index contributed by atoms with van der Waals surface area (Å²) in [7, 11) is 0. The average molecular weight is 290 g/mol. The van der Waals surface area contributed by atoms with Crippen molar-refractivity contribution in [3.8, 4) is 0 Å². The molecule has 0 aliphatic heterocycles. The summed E-state index contributed by atoms with van der Waals surface area (Å²) in [6.07, 6.45) is 0. The molecule has 0 atom stereocenters. The fourth-order valence-corrected chi connectivity index (χ4v) is 2.54. The van der Waals surface area contributed by atoms with Gasteiger partial charge in [0, 0.05) is 10.0 Å². The van der Waals surface area contributed by atoms with E-state index >= 15 is 0 Å². The van der Waals surface area contributed by atoms with Crippen LogP contribution in [0, 0.1) is 13.0 Å². The summed E-state index contributed by atoms with van der Waals surface area (Å²) in [5.74, 6) is 0.950. The normalized spacial score (nSPS) is 11.1. The highest BCUT2D eigenvalue weighted by molar-refractivity contribution is 6.33. The van der Waals surface area contributed by atoms with E-state index in [-0.39, 0.29) is 0 Å². The van der Waals surface area contributed by atoms with E-state index in [1.807, 2.05) is 37.3 Å². The van der Waals surface area contributed by atoms with Crippen molar-refractivity contribution >= 4 is 34.2 Å². The first-order valence-corrected chi connectivity index (χ1v) is 6.67. The molecule has 0 aliphatic rings. The summed E-state index contributed by atoms with van der Waals surface area (Å²) >= 11 is 12.2. The Bertz CT molecular complexity index is 747. The number of nitrogens with zero attached hydrogens (tertiary/aromatic N) is 2. The summed E-state index contributed by atoms with van der Waals surface area (Å²) in [5, 5.41) is 1.40. The van der Waals surface area contributed by atoms with Gasteiger partial charge in [-0.05, 0) is 48.9 Å². The number of halogens is 2. The summed E-state index contributed by atoms with van der Waals surface area (Å²) in [6, 6.07) is 14.3. The first-order chi connectivity index (χ1) is 9.15. The number of aryl methyl sites for hydroxylation is 1. The van der Waals surface area contributed by atoms with Crippen LogP contribution in [0.2, 0.25) is 10.0 Å². The molecule has 0 N–H and O–H groups in total. The van der Waals surface area contributed by atoms with E-state index < -0.39 is 0 Å². The maximum Gasteiger partial charge on any atom is 0.107 e. The van der Waals surface area contributed by atoms with Gasteiger partial charge in [0.15, 0.2) is 0 Å². The molecular weight excluding hydrogens is 279 g/mol. The monoisotopic (exact) mass is 289 g/mol. The van der Waals surface area contributed by atoms with Crippen LogP contribution >= 0.6 is 23.2 Å². The Hall–Kier alpha value is -1.51. The number of benzene rings is 2. The molecule has 0 fully saturated rings. The summed E-state index contributed by atoms with van der Waals surface area (Å²) < 4.78 is 2.11. The van der Waals surface area contributed by atoms with Gasteiger partial charge in [-0.3, -0.25) is 0 Å². The number of fused-ring (bicyclic) bond motifs is 1. The van der Waals surface area contributed by atoms with Gasteiger partial charge < -0.3 is 4.57 Å². The molecule has 0 spiro atoms. The highest BCUT2D eigenvalue weighted by atomic mass is 35.5. The van der Waals surface area contributed by atoms with E-state index in [1.165, 1.54) is 0 Å². The topological polar surface area (TPSA) is 17.8 Å². The van der Waals surface area contributed by atoms with Gasteiger partial charge in [0.25, 0.3) is 0 Å². The molecule has 0 saturated carbocycles. The minimum absolute atomic E-state index is 0.652. The molecule has 19 heavy (non-hydrogen) atoms. The van der Waals surface area contributed by atoms with Gasteiger partial charge in [0.05, 0.1) is 17.6 Å². The summed E-state index contributed by atoms with van der Waals surface area (Å²) in [6.45, 7) is 2.64. The molecule has 2 aromatic carbocycles. The SMILES string of the molecule is Cc1nc2cc[c]cc2n1Cc1cc(Cl)ccc1Cl. The fourth-order valence-electron chi connectivity index (χ4n) is 2.17. The van der Waals surface area contributed by atoms with Crippen molar-refractivity contribution in [3.05, 3.63) is 63.9 Å². The van der Waals surface area contributed by atoms with E-state index in [4.69, 9.17) is 23.2 Å². The molecule has 1 radical (unpaired) electrons. The highest BCUT2D eigenvalue weighted by Gasteiger charge is 2.09. The number of imidazole rings is 1. The van der Waals surface area contributed by atoms with Crippen molar-refractivity contribution in [2.24, 2.45) is 0 Å². The Balaban J connectivity index is 2.10. The van der Waals surface area contributed by atoms with Crippen LogP contribution in [0.15, 0.2) is 36.4 Å². The van der Waals surface area contributed by atoms with Crippen LogP contribution in [0.5, 0.6) is 0 Å². The molecule has 1 aromatic heterocycles. The first kappa shape index (κ1) is 12.5. The van der Waals surface area contributed by atoms with Gasteiger partial charge in [-0.2, -0.15) is 0 Å². The van der Waals surface area contributed by atoms with Crippen molar-refractivity contribution in [2.75, 3.05) is 0 Å². The third kappa shape index (κ3) is 2.34. The maximum absolute atomic E-state index is 6.22. The van der Waals surface area contributed by atoms with Gasteiger partial charge >= 0.3 is 0 Å². The largest absolute Gasteiger partial charge is 0.324 e. The lowest BCUT2D eigenvalue weighted by atomic mass is 10.2. The second kappa shape index (κ2) is 4.87. The Morgan fingerprint density at radius 1 is 1.26 bits per heavy atom. The maximum atomic E-state index is 6.22. The predicted molar refractivity (Wildman–Crippen MR) is 78.9 cm³/mol. The molecule has 1 heterocycles. The van der Waals surface area contributed by atoms with Gasteiger partial charge in [-0.1, -0.05) is 29.3 Å². The number of hydrogen-bond donors (Lipinski definition) is 0. The molecule has 2 nitrogen and oxygen atoms in total.